The minimum absolute atomic E-state index is 0.329. The summed E-state index contributed by atoms with van der Waals surface area (Å²) < 4.78 is 20.2. The zero-order chi connectivity index (χ0) is 12.0. The molecular weight excluding hydrogens is 222 g/mol. The summed E-state index contributed by atoms with van der Waals surface area (Å²) in [6.07, 6.45) is 1.18. The van der Waals surface area contributed by atoms with Crippen LogP contribution >= 0.6 is 0 Å². The quantitative estimate of drug-likeness (QED) is 0.683. The molecule has 4 nitrogen and oxygen atoms in total. The van der Waals surface area contributed by atoms with Gasteiger partial charge in [-0.1, -0.05) is 0 Å². The fourth-order valence-electron chi connectivity index (χ4n) is 2.08. The van der Waals surface area contributed by atoms with Crippen molar-refractivity contribution in [3.63, 3.8) is 0 Å². The van der Waals surface area contributed by atoms with Crippen LogP contribution in [0.2, 0.25) is 0 Å². The van der Waals surface area contributed by atoms with Gasteiger partial charge in [-0.25, -0.2) is 9.07 Å². The highest BCUT2D eigenvalue weighted by Crippen LogP contribution is 2.27. The number of nitrogens with zero attached hydrogens (tertiary/aromatic N) is 2. The molecular formula is C11H10BFN2O2. The Morgan fingerprint density at radius 3 is 3.12 bits per heavy atom. The molecule has 1 N–H and O–H groups in total. The van der Waals surface area contributed by atoms with E-state index < -0.39 is 13.2 Å². The van der Waals surface area contributed by atoms with Crippen molar-refractivity contribution < 1.29 is 14.1 Å². The normalized spacial score (nSPS) is 18.5. The molecule has 86 valence electrons. The van der Waals surface area contributed by atoms with Gasteiger partial charge in [0.15, 0.2) is 0 Å². The van der Waals surface area contributed by atoms with Gasteiger partial charge in [0.2, 0.25) is 0 Å². The van der Waals surface area contributed by atoms with E-state index in [4.69, 9.17) is 4.65 Å². The lowest BCUT2D eigenvalue weighted by Crippen LogP contribution is -2.37. The maximum absolute atomic E-state index is 13.3. The Kier molecular flexibility index (Phi) is 2.27. The first kappa shape index (κ1) is 10.5. The van der Waals surface area contributed by atoms with Crippen molar-refractivity contribution in [1.82, 2.24) is 9.78 Å². The van der Waals surface area contributed by atoms with Crippen molar-refractivity contribution in [2.75, 3.05) is 0 Å². The van der Waals surface area contributed by atoms with Crippen LogP contribution in [0.5, 0.6) is 0 Å². The fraction of sp³-hybridized carbons (Fsp3) is 0.182. The van der Waals surface area contributed by atoms with Gasteiger partial charge >= 0.3 is 7.12 Å². The van der Waals surface area contributed by atoms with E-state index in [1.165, 1.54) is 12.1 Å². The van der Waals surface area contributed by atoms with Crippen molar-refractivity contribution in [3.05, 3.63) is 41.8 Å². The van der Waals surface area contributed by atoms with Gasteiger partial charge in [0.05, 0.1) is 17.4 Å². The van der Waals surface area contributed by atoms with Crippen molar-refractivity contribution in [2.45, 2.75) is 13.0 Å². The Bertz CT molecular complexity index is 572. The molecule has 0 spiro atoms. The van der Waals surface area contributed by atoms with E-state index >= 15 is 0 Å². The Balaban J connectivity index is 2.27. The van der Waals surface area contributed by atoms with Crippen LogP contribution in [0.1, 0.15) is 18.6 Å². The molecule has 6 heteroatoms. The molecule has 0 saturated carbocycles. The Labute approximate surface area is 97.8 Å². The Hall–Kier alpha value is -1.66. The van der Waals surface area contributed by atoms with Gasteiger partial charge in [0.25, 0.3) is 0 Å². The number of fused-ring (bicyclic) bond motifs is 3. The van der Waals surface area contributed by atoms with Crippen LogP contribution in [0.15, 0.2) is 30.5 Å². The first-order chi connectivity index (χ1) is 8.16. The second-order valence-corrected chi connectivity index (χ2v) is 4.00. The molecule has 1 aromatic carbocycles. The second kappa shape index (κ2) is 3.68. The van der Waals surface area contributed by atoms with Crippen LogP contribution in [-0.4, -0.2) is 21.9 Å². The third-order valence-corrected chi connectivity index (χ3v) is 2.91. The maximum Gasteiger partial charge on any atom is 0.511 e. The number of aromatic nitrogens is 2. The molecule has 0 fully saturated rings. The molecule has 0 amide bonds. The summed E-state index contributed by atoms with van der Waals surface area (Å²) in [5, 5.41) is 14.0. The third-order valence-electron chi connectivity index (χ3n) is 2.91. The van der Waals surface area contributed by atoms with Gasteiger partial charge in [-0.3, -0.25) is 0 Å². The van der Waals surface area contributed by atoms with Crippen LogP contribution in [-0.2, 0) is 4.65 Å². The summed E-state index contributed by atoms with van der Waals surface area (Å²) >= 11 is 0. The largest absolute Gasteiger partial charge is 0.511 e. The van der Waals surface area contributed by atoms with Crippen LogP contribution in [0.25, 0.3) is 5.69 Å². The molecule has 17 heavy (non-hydrogen) atoms. The molecule has 1 aliphatic heterocycles. The summed E-state index contributed by atoms with van der Waals surface area (Å²) in [5.41, 5.74) is 1.95. The van der Waals surface area contributed by atoms with E-state index in [-0.39, 0.29) is 5.82 Å². The lowest BCUT2D eigenvalue weighted by Gasteiger charge is -2.13. The molecule has 0 unspecified atom stereocenters. The monoisotopic (exact) mass is 232 g/mol. The predicted octanol–water partition coefficient (Wildman–Crippen LogP) is 0.790. The average molecular weight is 232 g/mol. The molecule has 2 aromatic rings. The second-order valence-electron chi connectivity index (χ2n) is 4.00. The van der Waals surface area contributed by atoms with Gasteiger partial charge in [-0.15, -0.1) is 0 Å². The van der Waals surface area contributed by atoms with Gasteiger partial charge in [-0.2, -0.15) is 5.10 Å². The van der Waals surface area contributed by atoms with Crippen molar-refractivity contribution in [1.29, 1.82) is 0 Å². The number of hydrogen-bond donors (Lipinski definition) is 1. The first-order valence-electron chi connectivity index (χ1n) is 5.34. The van der Waals surface area contributed by atoms with Crippen molar-refractivity contribution in [2.24, 2.45) is 0 Å². The smallest absolute Gasteiger partial charge is 0.422 e. The van der Waals surface area contributed by atoms with E-state index in [0.717, 1.165) is 5.69 Å². The van der Waals surface area contributed by atoms with E-state index in [1.54, 1.807) is 29.9 Å². The molecule has 1 atom stereocenters. The van der Waals surface area contributed by atoms with Crippen LogP contribution < -0.4 is 5.59 Å². The van der Waals surface area contributed by atoms with Crippen LogP contribution in [0.3, 0.4) is 0 Å². The fourth-order valence-corrected chi connectivity index (χ4v) is 2.08. The lowest BCUT2D eigenvalue weighted by atomic mass is 9.85. The topological polar surface area (TPSA) is 47.3 Å². The van der Waals surface area contributed by atoms with Gasteiger partial charge in [0, 0.05) is 11.8 Å². The molecule has 2 heterocycles. The summed E-state index contributed by atoms with van der Waals surface area (Å²) in [6.45, 7) is 1.77. The number of rotatable bonds is 0. The molecule has 1 aromatic heterocycles. The highest BCUT2D eigenvalue weighted by Gasteiger charge is 2.30. The highest BCUT2D eigenvalue weighted by atomic mass is 19.1. The number of hydrogen-bond acceptors (Lipinski definition) is 3. The van der Waals surface area contributed by atoms with Crippen LogP contribution in [0, 0.1) is 5.82 Å². The maximum atomic E-state index is 13.3. The molecule has 3 rings (SSSR count). The minimum atomic E-state index is -1.05. The van der Waals surface area contributed by atoms with E-state index in [2.05, 4.69) is 5.10 Å². The van der Waals surface area contributed by atoms with E-state index in [1.807, 2.05) is 0 Å². The number of benzene rings is 1. The average Bonchev–Trinajstić information content (AvgIpc) is 2.74. The summed E-state index contributed by atoms with van der Waals surface area (Å²) in [4.78, 5) is 0. The van der Waals surface area contributed by atoms with Crippen molar-refractivity contribution >= 4 is 12.7 Å². The van der Waals surface area contributed by atoms with Crippen LogP contribution in [0.4, 0.5) is 4.39 Å². The van der Waals surface area contributed by atoms with Gasteiger partial charge in [0.1, 0.15) is 5.82 Å². The summed E-state index contributed by atoms with van der Waals surface area (Å²) in [6, 6.07) is 6.09. The Morgan fingerprint density at radius 1 is 1.47 bits per heavy atom. The van der Waals surface area contributed by atoms with Gasteiger partial charge in [-0.05, 0) is 31.2 Å². The zero-order valence-corrected chi connectivity index (χ0v) is 9.17. The summed E-state index contributed by atoms with van der Waals surface area (Å²) in [5.74, 6) is -0.329. The zero-order valence-electron chi connectivity index (χ0n) is 9.17. The van der Waals surface area contributed by atoms with Crippen molar-refractivity contribution in [3.8, 4) is 5.69 Å². The predicted molar refractivity (Wildman–Crippen MR) is 60.6 cm³/mol. The van der Waals surface area contributed by atoms with Gasteiger partial charge < -0.3 is 9.68 Å². The molecule has 0 radical (unpaired) electrons. The third kappa shape index (κ3) is 1.57. The highest BCUT2D eigenvalue weighted by molar-refractivity contribution is 6.59. The standard InChI is InChI=1S/C11H10BFN2O2/c1-7-9-6-8(13)2-3-10(9)15-11(4-5-14-15)12(16)17-7/h2-7,16H,1H3/t7-/m1/s1. The first-order valence-corrected chi connectivity index (χ1v) is 5.34. The SMILES string of the molecule is C[C@H]1OB(O)c2ccnn2-c2ccc(F)cc21. The number of halogens is 1. The molecule has 0 aliphatic carbocycles. The summed E-state index contributed by atoms with van der Waals surface area (Å²) in [7, 11) is -1.05. The van der Waals surface area contributed by atoms with E-state index in [0.29, 0.717) is 11.2 Å². The lowest BCUT2D eigenvalue weighted by molar-refractivity contribution is 0.194. The molecule has 1 aliphatic rings. The minimum Gasteiger partial charge on any atom is -0.422 e. The Morgan fingerprint density at radius 2 is 2.29 bits per heavy atom. The molecule has 0 bridgehead atoms. The molecule has 0 saturated heterocycles. The van der Waals surface area contributed by atoms with E-state index in [9.17, 15) is 9.41 Å².